The van der Waals surface area contributed by atoms with Crippen molar-refractivity contribution >= 4 is 23.6 Å². The van der Waals surface area contributed by atoms with Gasteiger partial charge in [-0.05, 0) is 42.7 Å². The summed E-state index contributed by atoms with van der Waals surface area (Å²) in [6, 6.07) is 15.6. The van der Waals surface area contributed by atoms with Crippen molar-refractivity contribution in [2.45, 2.75) is 50.1 Å². The van der Waals surface area contributed by atoms with Gasteiger partial charge in [0, 0.05) is 11.7 Å². The summed E-state index contributed by atoms with van der Waals surface area (Å²) in [5, 5.41) is 3.15. The molecule has 2 aromatic carbocycles. The third-order valence-corrected chi connectivity index (χ3v) is 5.82. The van der Waals surface area contributed by atoms with E-state index in [0.717, 1.165) is 31.2 Å². The summed E-state index contributed by atoms with van der Waals surface area (Å²) in [6.07, 6.45) is 9.03. The van der Waals surface area contributed by atoms with Crippen molar-refractivity contribution in [3.05, 3.63) is 72.1 Å². The third-order valence-electron chi connectivity index (χ3n) is 5.82. The van der Waals surface area contributed by atoms with Crippen molar-refractivity contribution in [1.29, 1.82) is 0 Å². The second-order valence-electron chi connectivity index (χ2n) is 7.86. The molecule has 1 heterocycles. The molecule has 4 rings (SSSR count). The Labute approximate surface area is 170 Å². The fourth-order valence-corrected chi connectivity index (χ4v) is 4.26. The lowest BCUT2D eigenvalue weighted by Gasteiger charge is -2.49. The van der Waals surface area contributed by atoms with Gasteiger partial charge in [0.05, 0.1) is 6.42 Å². The summed E-state index contributed by atoms with van der Waals surface area (Å²) < 4.78 is 13.8. The summed E-state index contributed by atoms with van der Waals surface area (Å²) in [5.74, 6) is -0.816. The number of hydrogen-bond acceptors (Lipinski definition) is 2. The molecule has 2 aromatic rings. The highest BCUT2D eigenvalue weighted by Gasteiger charge is 2.56. The summed E-state index contributed by atoms with van der Waals surface area (Å²) >= 11 is 0. The summed E-state index contributed by atoms with van der Waals surface area (Å²) in [4.78, 5) is 27.4. The van der Waals surface area contributed by atoms with E-state index in [1.165, 1.54) is 23.5 Å². The molecule has 4 nitrogen and oxygen atoms in total. The topological polar surface area (TPSA) is 49.4 Å². The lowest BCUT2D eigenvalue weighted by Crippen LogP contribution is -2.70. The molecule has 29 heavy (non-hydrogen) atoms. The van der Waals surface area contributed by atoms with E-state index in [2.05, 4.69) is 5.32 Å². The minimum absolute atomic E-state index is 0.0748. The van der Waals surface area contributed by atoms with Gasteiger partial charge in [-0.1, -0.05) is 61.7 Å². The molecule has 1 aliphatic carbocycles. The molecule has 1 saturated heterocycles. The van der Waals surface area contributed by atoms with Gasteiger partial charge < -0.3 is 5.32 Å². The first-order valence-electron chi connectivity index (χ1n) is 10.2. The Balaban J connectivity index is 1.67. The smallest absolute Gasteiger partial charge is 0.251 e. The van der Waals surface area contributed by atoms with Crippen LogP contribution >= 0.6 is 0 Å². The first-order valence-corrected chi connectivity index (χ1v) is 10.2. The molecular weight excluding hydrogens is 367 g/mol. The molecular formula is C24H25FN2O2. The van der Waals surface area contributed by atoms with Crippen molar-refractivity contribution in [2.75, 3.05) is 4.90 Å². The van der Waals surface area contributed by atoms with Gasteiger partial charge in [0.1, 0.15) is 5.82 Å². The van der Waals surface area contributed by atoms with Crippen LogP contribution in [0.4, 0.5) is 10.1 Å². The number of benzene rings is 2. The van der Waals surface area contributed by atoms with Gasteiger partial charge in [0.25, 0.3) is 5.91 Å². The summed E-state index contributed by atoms with van der Waals surface area (Å²) in [5.41, 5.74) is 0.201. The molecule has 1 N–H and O–H groups in total. The van der Waals surface area contributed by atoms with E-state index in [9.17, 15) is 14.0 Å². The SMILES string of the molecule is O=C1CC(/C=C/c2ccccc2)(C(=O)NC2CCCCC2)N1c1cccc(F)c1. The quantitative estimate of drug-likeness (QED) is 0.764. The van der Waals surface area contributed by atoms with Crippen LogP contribution < -0.4 is 10.2 Å². The lowest BCUT2D eigenvalue weighted by molar-refractivity contribution is -0.137. The molecule has 0 bridgehead atoms. The lowest BCUT2D eigenvalue weighted by atomic mass is 9.80. The largest absolute Gasteiger partial charge is 0.351 e. The van der Waals surface area contributed by atoms with E-state index in [4.69, 9.17) is 0 Å². The zero-order valence-corrected chi connectivity index (χ0v) is 16.3. The number of nitrogens with one attached hydrogen (secondary N) is 1. The molecule has 2 fully saturated rings. The second-order valence-corrected chi connectivity index (χ2v) is 7.86. The van der Waals surface area contributed by atoms with Gasteiger partial charge in [-0.25, -0.2) is 4.39 Å². The molecule has 1 saturated carbocycles. The first-order chi connectivity index (χ1) is 14.1. The van der Waals surface area contributed by atoms with Crippen LogP contribution in [0, 0.1) is 5.82 Å². The molecule has 2 aliphatic rings. The van der Waals surface area contributed by atoms with Crippen LogP contribution in [0.3, 0.4) is 0 Å². The van der Waals surface area contributed by atoms with Crippen LogP contribution in [-0.2, 0) is 9.59 Å². The number of carbonyl (C=O) groups excluding carboxylic acids is 2. The first kappa shape index (κ1) is 19.4. The van der Waals surface area contributed by atoms with Gasteiger partial charge in [-0.3, -0.25) is 14.5 Å². The number of nitrogens with zero attached hydrogens (tertiary/aromatic N) is 1. The number of anilines is 1. The Morgan fingerprint density at radius 3 is 2.52 bits per heavy atom. The number of rotatable bonds is 5. The molecule has 5 heteroatoms. The molecule has 1 atom stereocenters. The number of carbonyl (C=O) groups is 2. The van der Waals surface area contributed by atoms with Gasteiger partial charge in [0.2, 0.25) is 5.91 Å². The molecule has 1 aliphatic heterocycles. The van der Waals surface area contributed by atoms with Crippen LogP contribution in [-0.4, -0.2) is 23.4 Å². The average molecular weight is 392 g/mol. The molecule has 2 amide bonds. The van der Waals surface area contributed by atoms with E-state index in [-0.39, 0.29) is 24.3 Å². The van der Waals surface area contributed by atoms with E-state index < -0.39 is 11.4 Å². The maximum Gasteiger partial charge on any atom is 0.251 e. The Bertz CT molecular complexity index is 921. The highest BCUT2D eigenvalue weighted by molar-refractivity contribution is 6.15. The van der Waals surface area contributed by atoms with Crippen LogP contribution in [0.15, 0.2) is 60.7 Å². The van der Waals surface area contributed by atoms with E-state index in [0.29, 0.717) is 5.69 Å². The predicted octanol–water partition coefficient (Wildman–Crippen LogP) is 4.46. The van der Waals surface area contributed by atoms with Gasteiger partial charge in [-0.2, -0.15) is 0 Å². The fraction of sp³-hybridized carbons (Fsp3) is 0.333. The summed E-state index contributed by atoms with van der Waals surface area (Å²) in [6.45, 7) is 0. The standard InChI is InChI=1S/C24H25FN2O2/c25-19-10-7-13-21(16-19)27-22(28)17-24(27,15-14-18-8-3-1-4-9-18)23(29)26-20-11-5-2-6-12-20/h1,3-4,7-10,13-16,20H,2,5-6,11-12,17H2,(H,26,29)/b15-14+. The van der Waals surface area contributed by atoms with Gasteiger partial charge in [0.15, 0.2) is 5.54 Å². The van der Waals surface area contributed by atoms with Crippen molar-refractivity contribution in [2.24, 2.45) is 0 Å². The van der Waals surface area contributed by atoms with E-state index in [1.807, 2.05) is 36.4 Å². The molecule has 0 spiro atoms. The van der Waals surface area contributed by atoms with Crippen molar-refractivity contribution in [1.82, 2.24) is 5.32 Å². The molecule has 150 valence electrons. The minimum Gasteiger partial charge on any atom is -0.351 e. The maximum atomic E-state index is 13.8. The van der Waals surface area contributed by atoms with E-state index >= 15 is 0 Å². The Morgan fingerprint density at radius 1 is 1.07 bits per heavy atom. The van der Waals surface area contributed by atoms with Crippen LogP contribution in [0.1, 0.15) is 44.1 Å². The minimum atomic E-state index is -1.14. The number of halogens is 1. The number of amides is 2. The van der Waals surface area contributed by atoms with Crippen molar-refractivity contribution < 1.29 is 14.0 Å². The highest BCUT2D eigenvalue weighted by atomic mass is 19.1. The van der Waals surface area contributed by atoms with Crippen LogP contribution in [0.25, 0.3) is 6.08 Å². The van der Waals surface area contributed by atoms with Crippen LogP contribution in [0.5, 0.6) is 0 Å². The molecule has 1 unspecified atom stereocenters. The average Bonchev–Trinajstić information content (AvgIpc) is 2.72. The Morgan fingerprint density at radius 2 is 1.83 bits per heavy atom. The van der Waals surface area contributed by atoms with Crippen LogP contribution in [0.2, 0.25) is 0 Å². The van der Waals surface area contributed by atoms with Crippen molar-refractivity contribution in [3.63, 3.8) is 0 Å². The third kappa shape index (κ3) is 3.95. The normalized spacial score (nSPS) is 22.5. The molecule has 0 aromatic heterocycles. The monoisotopic (exact) mass is 392 g/mol. The zero-order valence-electron chi connectivity index (χ0n) is 16.3. The van der Waals surface area contributed by atoms with E-state index in [1.54, 1.807) is 18.2 Å². The summed E-state index contributed by atoms with van der Waals surface area (Å²) in [7, 11) is 0. The Hall–Kier alpha value is -2.95. The number of β-lactam (4-membered cyclic amide) rings is 1. The predicted molar refractivity (Wildman–Crippen MR) is 112 cm³/mol. The Kier molecular flexibility index (Phi) is 5.47. The number of hydrogen-bond donors (Lipinski definition) is 1. The maximum absolute atomic E-state index is 13.8. The highest BCUT2D eigenvalue weighted by Crippen LogP contribution is 2.39. The van der Waals surface area contributed by atoms with Crippen molar-refractivity contribution in [3.8, 4) is 0 Å². The second kappa shape index (κ2) is 8.19. The fourth-order valence-electron chi connectivity index (χ4n) is 4.26. The zero-order chi connectivity index (χ0) is 20.3. The van der Waals surface area contributed by atoms with Gasteiger partial charge in [-0.15, -0.1) is 0 Å². The molecule has 0 radical (unpaired) electrons. The van der Waals surface area contributed by atoms with Gasteiger partial charge >= 0.3 is 0 Å².